The molecule has 0 bridgehead atoms. The Labute approximate surface area is 288 Å². The fourth-order valence-electron chi connectivity index (χ4n) is 4.59. The summed E-state index contributed by atoms with van der Waals surface area (Å²) in [4.78, 5) is 87.4. The van der Waals surface area contributed by atoms with E-state index in [-0.39, 0.29) is 34.8 Å². The number of halogens is 1. The molecule has 0 unspecified atom stereocenters. The molecule has 4 heterocycles. The van der Waals surface area contributed by atoms with Crippen molar-refractivity contribution in [2.24, 2.45) is 11.0 Å². The summed E-state index contributed by atoms with van der Waals surface area (Å²) in [6.07, 6.45) is -0.848. The lowest BCUT2D eigenvalue weighted by atomic mass is 10.1. The number of aromatic nitrogens is 1. The van der Waals surface area contributed by atoms with Gasteiger partial charge in [-0.1, -0.05) is 39.9 Å². The molecule has 264 valence electrons. The Morgan fingerprint density at radius 1 is 1.06 bits per heavy atom. The van der Waals surface area contributed by atoms with Gasteiger partial charge in [0.2, 0.25) is 16.4 Å². The van der Waals surface area contributed by atoms with Gasteiger partial charge in [-0.15, -0.1) is 0 Å². The second-order valence-corrected chi connectivity index (χ2v) is 16.4. The minimum Gasteiger partial charge on any atom is -0.479 e. The number of carbonyl (C=O) groups excluding carboxylic acids is 5. The summed E-state index contributed by atoms with van der Waals surface area (Å²) in [5.74, 6) is 1.86. The number of oxime groups is 1. The number of anilines is 1. The SMILES string of the molecule is CC(C)(C)OC(=O)Nc1nc(/C(=N/OC(C)(C)C(=O)OC(C)(C)C)C(=O)N[C@@H]2C(=O)N3C[C@@](C(=O)O)(N4CCN(N)C4=O)S[C@H]23)c(Cl)s1. The molecule has 3 saturated heterocycles. The van der Waals surface area contributed by atoms with E-state index in [1.54, 1.807) is 41.5 Å². The number of urea groups is 1. The van der Waals surface area contributed by atoms with Crippen molar-refractivity contribution in [2.75, 3.05) is 25.0 Å². The van der Waals surface area contributed by atoms with E-state index in [4.69, 9.17) is 31.8 Å². The molecule has 0 radical (unpaired) electrons. The van der Waals surface area contributed by atoms with Gasteiger partial charge >= 0.3 is 24.1 Å². The molecule has 0 aliphatic carbocycles. The lowest BCUT2D eigenvalue weighted by molar-refractivity contribution is -0.179. The fourth-order valence-corrected chi connectivity index (χ4v) is 7.26. The van der Waals surface area contributed by atoms with Gasteiger partial charge in [-0.2, -0.15) is 0 Å². The molecule has 48 heavy (non-hydrogen) atoms. The molecule has 3 atom stereocenters. The van der Waals surface area contributed by atoms with Gasteiger partial charge in [-0.3, -0.25) is 24.8 Å². The maximum absolute atomic E-state index is 13.8. The molecule has 5 N–H and O–H groups in total. The van der Waals surface area contributed by atoms with Crippen LogP contribution in [0.3, 0.4) is 0 Å². The molecular weight excluding hydrogens is 696 g/mol. The molecule has 1 aromatic heterocycles. The maximum atomic E-state index is 13.8. The fraction of sp³-hybridized carbons (Fsp3) is 0.630. The summed E-state index contributed by atoms with van der Waals surface area (Å²) >= 11 is 8.01. The zero-order chi connectivity index (χ0) is 36.1. The van der Waals surface area contributed by atoms with Crippen LogP contribution < -0.4 is 16.5 Å². The van der Waals surface area contributed by atoms with E-state index >= 15 is 0 Å². The van der Waals surface area contributed by atoms with E-state index in [0.29, 0.717) is 0 Å². The molecule has 5 amide bonds. The number of rotatable bonds is 9. The number of nitrogens with two attached hydrogens (primary N) is 1. The van der Waals surface area contributed by atoms with Gasteiger partial charge in [-0.05, 0) is 55.4 Å². The van der Waals surface area contributed by atoms with Crippen LogP contribution in [0, 0.1) is 0 Å². The van der Waals surface area contributed by atoms with E-state index in [1.165, 1.54) is 18.7 Å². The largest absolute Gasteiger partial charge is 0.479 e. The number of hydrogen-bond donors (Lipinski definition) is 4. The molecule has 0 spiro atoms. The zero-order valence-corrected chi connectivity index (χ0v) is 29.8. The molecule has 0 saturated carbocycles. The van der Waals surface area contributed by atoms with Crippen LogP contribution in [0.25, 0.3) is 0 Å². The smallest absolute Gasteiger partial charge is 0.413 e. The number of carbonyl (C=O) groups is 6. The quantitative estimate of drug-likeness (QED) is 0.0709. The highest BCUT2D eigenvalue weighted by Crippen LogP contribution is 2.49. The van der Waals surface area contributed by atoms with Crippen molar-refractivity contribution in [1.29, 1.82) is 0 Å². The summed E-state index contributed by atoms with van der Waals surface area (Å²) < 4.78 is 10.5. The minimum atomic E-state index is -1.84. The topological polar surface area (TPSA) is 235 Å². The highest BCUT2D eigenvalue weighted by atomic mass is 35.5. The number of β-lactam (4-membered cyclic amide) rings is 1. The van der Waals surface area contributed by atoms with Gasteiger partial charge in [0, 0.05) is 6.54 Å². The van der Waals surface area contributed by atoms with E-state index in [1.807, 2.05) is 0 Å². The third kappa shape index (κ3) is 7.55. The molecule has 4 rings (SSSR count). The van der Waals surface area contributed by atoms with Gasteiger partial charge in [-0.25, -0.2) is 30.0 Å². The Kier molecular flexibility index (Phi) is 9.90. The van der Waals surface area contributed by atoms with Crippen LogP contribution in [-0.4, -0.2) is 119 Å². The Hall–Kier alpha value is -3.88. The van der Waals surface area contributed by atoms with E-state index < -0.39 is 74.7 Å². The molecule has 21 heteroatoms. The van der Waals surface area contributed by atoms with Crippen LogP contribution in [0.4, 0.5) is 14.7 Å². The molecule has 3 aliphatic heterocycles. The number of hydrazine groups is 1. The summed E-state index contributed by atoms with van der Waals surface area (Å²) in [5, 5.41) is 19.0. The highest BCUT2D eigenvalue weighted by molar-refractivity contribution is 8.02. The average molecular weight is 733 g/mol. The highest BCUT2D eigenvalue weighted by Gasteiger charge is 2.66. The predicted octanol–water partition coefficient (Wildman–Crippen LogP) is 1.78. The number of esters is 1. The minimum absolute atomic E-state index is 0.0178. The number of amides is 5. The summed E-state index contributed by atoms with van der Waals surface area (Å²) in [5.41, 5.74) is -4.25. The Balaban J connectivity index is 1.62. The average Bonchev–Trinajstić information content (AvgIpc) is 3.59. The number of aliphatic carboxylic acids is 1. The number of carboxylic acid groups (broad SMARTS) is 1. The second-order valence-electron chi connectivity index (χ2n) is 13.5. The van der Waals surface area contributed by atoms with Crippen LogP contribution in [-0.2, 0) is 33.5 Å². The van der Waals surface area contributed by atoms with Gasteiger partial charge in [0.05, 0.1) is 13.1 Å². The predicted molar refractivity (Wildman–Crippen MR) is 173 cm³/mol. The van der Waals surface area contributed by atoms with Gasteiger partial charge in [0.15, 0.2) is 10.8 Å². The first-order valence-corrected chi connectivity index (χ1v) is 16.6. The number of thioether (sulfide) groups is 1. The zero-order valence-electron chi connectivity index (χ0n) is 27.4. The normalized spacial score (nSPS) is 23.0. The third-order valence-electron chi connectivity index (χ3n) is 6.83. The van der Waals surface area contributed by atoms with Crippen molar-refractivity contribution in [3.63, 3.8) is 0 Å². The van der Waals surface area contributed by atoms with Crippen molar-refractivity contribution in [3.05, 3.63) is 10.0 Å². The van der Waals surface area contributed by atoms with Crippen LogP contribution >= 0.6 is 34.7 Å². The number of thiazole rings is 1. The summed E-state index contributed by atoms with van der Waals surface area (Å²) in [7, 11) is 0. The van der Waals surface area contributed by atoms with E-state index in [0.717, 1.165) is 33.0 Å². The van der Waals surface area contributed by atoms with Crippen molar-refractivity contribution >= 4 is 81.4 Å². The van der Waals surface area contributed by atoms with Crippen LogP contribution in [0.15, 0.2) is 5.16 Å². The Bertz CT molecular complexity index is 1570. The van der Waals surface area contributed by atoms with Gasteiger partial charge < -0.3 is 29.6 Å². The second kappa shape index (κ2) is 12.9. The van der Waals surface area contributed by atoms with E-state index in [2.05, 4.69) is 20.8 Å². The molecule has 0 aromatic carbocycles. The summed E-state index contributed by atoms with van der Waals surface area (Å²) in [6.45, 7) is 12.4. The first-order chi connectivity index (χ1) is 22.0. The van der Waals surface area contributed by atoms with Crippen molar-refractivity contribution in [2.45, 2.75) is 88.5 Å². The third-order valence-corrected chi connectivity index (χ3v) is 9.68. The summed E-state index contributed by atoms with van der Waals surface area (Å²) in [6, 6.07) is -1.97. The first kappa shape index (κ1) is 36.9. The monoisotopic (exact) mass is 732 g/mol. The Morgan fingerprint density at radius 2 is 1.69 bits per heavy atom. The maximum Gasteiger partial charge on any atom is 0.413 e. The number of fused-ring (bicyclic) bond motifs is 1. The van der Waals surface area contributed by atoms with Gasteiger partial charge in [0.1, 0.15) is 32.6 Å². The van der Waals surface area contributed by atoms with Crippen LogP contribution in [0.1, 0.15) is 61.1 Å². The van der Waals surface area contributed by atoms with Gasteiger partial charge in [0.25, 0.3) is 5.91 Å². The standard InChI is InChI=1S/C27H37ClN8O10S2/c1-24(2,3)44-20(41)26(7,8)46-33-13(12-15(28)47-21(31-12)32-22(42)45-25(4,5)6)16(37)30-14-17(38)34-11-27(19(39)40,48-18(14)34)35-9-10-36(29)23(35)43/h14,18H,9-11,29H2,1-8H3,(H,30,37)(H,39,40)(H,31,32,42)/b33-13-/t14-,18-,27-/m1/s1. The lowest BCUT2D eigenvalue weighted by Crippen LogP contribution is -2.68. The van der Waals surface area contributed by atoms with E-state index in [9.17, 15) is 33.9 Å². The number of hydrogen-bond acceptors (Lipinski definition) is 14. The van der Waals surface area contributed by atoms with Crippen molar-refractivity contribution in [1.82, 2.24) is 25.1 Å². The Morgan fingerprint density at radius 3 is 2.23 bits per heavy atom. The molecule has 18 nitrogen and oxygen atoms in total. The molecule has 3 fully saturated rings. The van der Waals surface area contributed by atoms with Crippen molar-refractivity contribution < 1.29 is 48.2 Å². The van der Waals surface area contributed by atoms with Crippen molar-refractivity contribution in [3.8, 4) is 0 Å². The number of nitrogens with zero attached hydrogens (tertiary/aromatic N) is 5. The number of ether oxygens (including phenoxy) is 2. The number of nitrogens with one attached hydrogen (secondary N) is 2. The molecule has 1 aromatic rings. The number of carboxylic acids is 1. The molecule has 3 aliphatic rings. The first-order valence-electron chi connectivity index (χ1n) is 14.5. The van der Waals surface area contributed by atoms with Crippen LogP contribution in [0.5, 0.6) is 0 Å². The molecular formula is C27H37ClN8O10S2. The van der Waals surface area contributed by atoms with Crippen LogP contribution in [0.2, 0.25) is 4.34 Å². The lowest BCUT2D eigenvalue weighted by Gasteiger charge is -2.41.